The molecule has 3 heteroatoms. The number of nitrogens with one attached hydrogen (secondary N) is 1. The van der Waals surface area contributed by atoms with Crippen LogP contribution in [0.25, 0.3) is 0 Å². The van der Waals surface area contributed by atoms with Crippen LogP contribution in [0.3, 0.4) is 0 Å². The molecule has 2 heterocycles. The Morgan fingerprint density at radius 3 is 2.76 bits per heavy atom. The zero-order valence-electron chi connectivity index (χ0n) is 15.0. The molecule has 0 amide bonds. The van der Waals surface area contributed by atoms with Crippen LogP contribution in [0.5, 0.6) is 5.75 Å². The van der Waals surface area contributed by atoms with Gasteiger partial charge in [0.2, 0.25) is 0 Å². The van der Waals surface area contributed by atoms with E-state index in [9.17, 15) is 0 Å². The fourth-order valence-electron chi connectivity index (χ4n) is 5.27. The smallest absolute Gasteiger partial charge is 0.118 e. The Labute approximate surface area is 149 Å². The number of aryl methyl sites for hydroxylation is 1. The molecule has 0 radical (unpaired) electrons. The first-order valence-corrected chi connectivity index (χ1v) is 9.40. The van der Waals surface area contributed by atoms with Gasteiger partial charge in [-0.25, -0.2) is 0 Å². The number of benzene rings is 2. The van der Waals surface area contributed by atoms with E-state index >= 15 is 0 Å². The minimum absolute atomic E-state index is 0.180. The molecule has 1 fully saturated rings. The molecule has 0 saturated carbocycles. The summed E-state index contributed by atoms with van der Waals surface area (Å²) in [5.41, 5.74) is 6.91. The van der Waals surface area contributed by atoms with Crippen LogP contribution in [-0.4, -0.2) is 13.7 Å². The lowest BCUT2D eigenvalue weighted by molar-refractivity contribution is -0.0185. The van der Waals surface area contributed by atoms with Gasteiger partial charge in [0.05, 0.1) is 18.8 Å². The molecule has 3 atom stereocenters. The van der Waals surface area contributed by atoms with Gasteiger partial charge in [-0.1, -0.05) is 18.2 Å². The topological polar surface area (TPSA) is 30.5 Å². The Balaban J connectivity index is 1.63. The first kappa shape index (κ1) is 15.3. The molecule has 5 rings (SSSR count). The van der Waals surface area contributed by atoms with E-state index in [4.69, 9.17) is 9.47 Å². The van der Waals surface area contributed by atoms with Crippen molar-refractivity contribution in [1.82, 2.24) is 0 Å². The van der Waals surface area contributed by atoms with Gasteiger partial charge in [0, 0.05) is 23.8 Å². The van der Waals surface area contributed by atoms with Gasteiger partial charge in [-0.15, -0.1) is 0 Å². The van der Waals surface area contributed by atoms with Crippen LogP contribution in [-0.2, 0) is 23.2 Å². The fourth-order valence-corrected chi connectivity index (χ4v) is 5.27. The monoisotopic (exact) mass is 335 g/mol. The molecule has 3 aliphatic rings. The number of ether oxygens (including phenoxy) is 2. The molecule has 1 N–H and O–H groups in total. The normalized spacial score (nSPS) is 29.5. The van der Waals surface area contributed by atoms with Gasteiger partial charge < -0.3 is 14.8 Å². The Bertz CT molecular complexity index is 814. The van der Waals surface area contributed by atoms with Crippen molar-refractivity contribution in [3.05, 3.63) is 58.7 Å². The minimum atomic E-state index is -0.180. The summed E-state index contributed by atoms with van der Waals surface area (Å²) in [6.45, 7) is 3.16. The van der Waals surface area contributed by atoms with Gasteiger partial charge in [-0.2, -0.15) is 0 Å². The highest BCUT2D eigenvalue weighted by Gasteiger charge is 2.51. The maximum absolute atomic E-state index is 6.43. The van der Waals surface area contributed by atoms with E-state index in [1.807, 2.05) is 0 Å². The van der Waals surface area contributed by atoms with Gasteiger partial charge in [0.1, 0.15) is 5.75 Å². The van der Waals surface area contributed by atoms with Gasteiger partial charge in [0.15, 0.2) is 0 Å². The van der Waals surface area contributed by atoms with E-state index in [0.717, 1.165) is 18.8 Å². The molecule has 1 aliphatic carbocycles. The lowest BCUT2D eigenvalue weighted by atomic mass is 9.71. The first-order chi connectivity index (χ1) is 12.2. The van der Waals surface area contributed by atoms with Crippen LogP contribution in [0.4, 0.5) is 5.69 Å². The number of anilines is 1. The van der Waals surface area contributed by atoms with Crippen molar-refractivity contribution in [3.8, 4) is 5.75 Å². The molecule has 25 heavy (non-hydrogen) atoms. The summed E-state index contributed by atoms with van der Waals surface area (Å²) < 4.78 is 11.8. The number of hydrogen-bond donors (Lipinski definition) is 1. The van der Waals surface area contributed by atoms with Crippen LogP contribution in [0.15, 0.2) is 36.4 Å². The third-order valence-corrected chi connectivity index (χ3v) is 6.51. The van der Waals surface area contributed by atoms with E-state index in [0.29, 0.717) is 5.92 Å². The van der Waals surface area contributed by atoms with E-state index < -0.39 is 0 Å². The lowest BCUT2D eigenvalue weighted by Crippen LogP contribution is -2.41. The summed E-state index contributed by atoms with van der Waals surface area (Å²) in [7, 11) is 1.71. The third-order valence-electron chi connectivity index (χ3n) is 6.51. The number of methoxy groups -OCH3 is 1. The van der Waals surface area contributed by atoms with Gasteiger partial charge >= 0.3 is 0 Å². The van der Waals surface area contributed by atoms with Crippen molar-refractivity contribution in [2.24, 2.45) is 5.92 Å². The lowest BCUT2D eigenvalue weighted by Gasteiger charge is -2.44. The van der Waals surface area contributed by atoms with Crippen LogP contribution < -0.4 is 10.1 Å². The highest BCUT2D eigenvalue weighted by atomic mass is 16.5. The number of fused-ring (bicyclic) bond motifs is 5. The molecule has 3 nitrogen and oxygen atoms in total. The third kappa shape index (κ3) is 2.15. The van der Waals surface area contributed by atoms with Crippen LogP contribution in [0.2, 0.25) is 0 Å². The largest absolute Gasteiger partial charge is 0.497 e. The molecule has 2 aromatic rings. The fraction of sp³-hybridized carbons (Fsp3) is 0.455. The van der Waals surface area contributed by atoms with Crippen molar-refractivity contribution < 1.29 is 9.47 Å². The van der Waals surface area contributed by atoms with E-state index in [1.54, 1.807) is 12.7 Å². The van der Waals surface area contributed by atoms with Gasteiger partial charge in [-0.05, 0) is 67.5 Å². The molecule has 2 aliphatic heterocycles. The van der Waals surface area contributed by atoms with Crippen molar-refractivity contribution in [2.75, 3.05) is 19.0 Å². The van der Waals surface area contributed by atoms with E-state index in [-0.39, 0.29) is 11.6 Å². The van der Waals surface area contributed by atoms with Gasteiger partial charge in [-0.3, -0.25) is 0 Å². The van der Waals surface area contributed by atoms with Crippen molar-refractivity contribution >= 4 is 5.69 Å². The quantitative estimate of drug-likeness (QED) is 0.870. The average molecular weight is 335 g/mol. The summed E-state index contributed by atoms with van der Waals surface area (Å²) in [5.74, 6) is 1.36. The second kappa shape index (κ2) is 5.50. The molecular weight excluding hydrogens is 310 g/mol. The molecule has 0 unspecified atom stereocenters. The summed E-state index contributed by atoms with van der Waals surface area (Å²) in [4.78, 5) is 0. The van der Waals surface area contributed by atoms with Gasteiger partial charge in [0.25, 0.3) is 0 Å². The van der Waals surface area contributed by atoms with E-state index in [1.165, 1.54) is 41.6 Å². The Hall–Kier alpha value is -2.00. The predicted octanol–water partition coefficient (Wildman–Crippen LogP) is 4.60. The Morgan fingerprint density at radius 1 is 1.12 bits per heavy atom. The van der Waals surface area contributed by atoms with Crippen LogP contribution in [0.1, 0.15) is 48.1 Å². The van der Waals surface area contributed by atoms with E-state index in [2.05, 4.69) is 48.6 Å². The standard InChI is InChI=1S/C22H25NO2/c1-22-18(12-13-25-22)21(15-6-9-16(24-2)10-7-15)23-19-11-8-14-4-3-5-17(14)20(19)22/h6-11,18,21,23H,3-5,12-13H2,1-2H3/t18-,21-,22-/m0/s1. The highest BCUT2D eigenvalue weighted by molar-refractivity contribution is 5.64. The zero-order chi connectivity index (χ0) is 17.0. The molecule has 130 valence electrons. The predicted molar refractivity (Wildman–Crippen MR) is 99.2 cm³/mol. The maximum Gasteiger partial charge on any atom is 0.118 e. The summed E-state index contributed by atoms with van der Waals surface area (Å²) in [6, 6.07) is 13.4. The molecule has 0 spiro atoms. The maximum atomic E-state index is 6.43. The van der Waals surface area contributed by atoms with Crippen LogP contribution in [0, 0.1) is 5.92 Å². The summed E-state index contributed by atoms with van der Waals surface area (Å²) >= 11 is 0. The highest BCUT2D eigenvalue weighted by Crippen LogP contribution is 2.55. The van der Waals surface area contributed by atoms with Crippen molar-refractivity contribution in [1.29, 1.82) is 0 Å². The Morgan fingerprint density at radius 2 is 1.96 bits per heavy atom. The Kier molecular flexibility index (Phi) is 3.36. The van der Waals surface area contributed by atoms with Crippen molar-refractivity contribution in [2.45, 2.75) is 44.2 Å². The van der Waals surface area contributed by atoms with Crippen molar-refractivity contribution in [3.63, 3.8) is 0 Å². The number of hydrogen-bond acceptors (Lipinski definition) is 3. The minimum Gasteiger partial charge on any atom is -0.497 e. The molecule has 1 saturated heterocycles. The summed E-state index contributed by atoms with van der Waals surface area (Å²) in [5, 5.41) is 3.86. The molecule has 0 aromatic heterocycles. The molecular formula is C22H25NO2. The SMILES string of the molecule is COc1ccc([C@@H]2Nc3ccc4c(c3[C@@]3(C)OCC[C@@H]23)CCC4)cc1. The zero-order valence-corrected chi connectivity index (χ0v) is 15.0. The number of rotatable bonds is 2. The molecule has 0 bridgehead atoms. The second-order valence-electron chi connectivity index (χ2n) is 7.73. The average Bonchev–Trinajstić information content (AvgIpc) is 3.27. The van der Waals surface area contributed by atoms with Crippen LogP contribution >= 0.6 is 0 Å². The first-order valence-electron chi connectivity index (χ1n) is 9.40. The molecule has 2 aromatic carbocycles. The summed E-state index contributed by atoms with van der Waals surface area (Å²) in [6.07, 6.45) is 4.78. The second-order valence-corrected chi connectivity index (χ2v) is 7.73.